The number of carbonyl (C=O) groups is 2. The molecular formula is C24H28BrN7O2S. The van der Waals surface area contributed by atoms with E-state index in [2.05, 4.69) is 47.2 Å². The zero-order valence-electron chi connectivity index (χ0n) is 19.4. The Morgan fingerprint density at radius 3 is 2.71 bits per heavy atom. The number of rotatable bonds is 9. The summed E-state index contributed by atoms with van der Waals surface area (Å²) in [5, 5.41) is 14.3. The van der Waals surface area contributed by atoms with Gasteiger partial charge in [-0.15, -0.1) is 11.3 Å². The van der Waals surface area contributed by atoms with Gasteiger partial charge in [-0.3, -0.25) is 4.79 Å². The van der Waals surface area contributed by atoms with Gasteiger partial charge in [0.2, 0.25) is 5.95 Å². The summed E-state index contributed by atoms with van der Waals surface area (Å²) < 4.78 is 0.743. The molecule has 3 heterocycles. The predicted molar refractivity (Wildman–Crippen MR) is 144 cm³/mol. The second-order valence-electron chi connectivity index (χ2n) is 8.19. The minimum atomic E-state index is -0.0762. The maximum absolute atomic E-state index is 12.4. The fourth-order valence-corrected chi connectivity index (χ4v) is 4.83. The number of thiophene rings is 1. The molecule has 4 N–H and O–H groups in total. The van der Waals surface area contributed by atoms with Crippen molar-refractivity contribution in [3.8, 4) is 0 Å². The summed E-state index contributed by atoms with van der Waals surface area (Å²) in [7, 11) is 0. The van der Waals surface area contributed by atoms with Crippen molar-refractivity contribution in [3.05, 3.63) is 56.8 Å². The number of likely N-dealkylation sites (tertiary alicyclic amines) is 1. The molecule has 1 aliphatic rings. The van der Waals surface area contributed by atoms with Crippen molar-refractivity contribution in [2.45, 2.75) is 26.2 Å². The van der Waals surface area contributed by atoms with Crippen LogP contribution in [0.1, 0.15) is 34.5 Å². The molecule has 1 saturated heterocycles. The summed E-state index contributed by atoms with van der Waals surface area (Å²) in [4.78, 5) is 36.0. The number of urea groups is 1. The van der Waals surface area contributed by atoms with Gasteiger partial charge in [-0.05, 0) is 77.3 Å². The summed E-state index contributed by atoms with van der Waals surface area (Å²) in [6.45, 7) is 4.73. The normalized spacial score (nSPS) is 12.9. The lowest BCUT2D eigenvalue weighted by atomic mass is 10.3. The van der Waals surface area contributed by atoms with E-state index in [1.165, 1.54) is 11.3 Å². The minimum absolute atomic E-state index is 0.0361. The molecule has 3 amide bonds. The zero-order valence-corrected chi connectivity index (χ0v) is 21.8. The number of aryl methyl sites for hydroxylation is 1. The van der Waals surface area contributed by atoms with Gasteiger partial charge in [0.05, 0.1) is 9.35 Å². The highest BCUT2D eigenvalue weighted by Crippen LogP contribution is 2.23. The second-order valence-corrected chi connectivity index (χ2v) is 9.96. The molecule has 0 saturated carbocycles. The first kappa shape index (κ1) is 24.9. The summed E-state index contributed by atoms with van der Waals surface area (Å²) in [6.07, 6.45) is 4.53. The van der Waals surface area contributed by atoms with Crippen molar-refractivity contribution < 1.29 is 9.59 Å². The van der Waals surface area contributed by atoms with Gasteiger partial charge in [0.25, 0.3) is 5.91 Å². The highest BCUT2D eigenvalue weighted by Gasteiger charge is 2.17. The zero-order chi connectivity index (χ0) is 24.6. The third-order valence-corrected chi connectivity index (χ3v) is 7.10. The standard InChI is InChI=1S/C24H28BrN7O2S/c1-16-8-13-35-20(16)22(33)27-10-5-9-26-21-19(25)15-28-23(31-21)29-17-6-4-7-18(14-17)30-24(34)32-11-2-3-12-32/h4,6-8,13-15H,2-3,5,9-12H2,1H3,(H,27,33)(H,30,34)(H2,26,28,29,31). The second kappa shape index (κ2) is 12.0. The molecule has 0 spiro atoms. The Morgan fingerprint density at radius 2 is 1.94 bits per heavy atom. The molecule has 0 aliphatic carbocycles. The minimum Gasteiger partial charge on any atom is -0.369 e. The number of carbonyl (C=O) groups excluding carboxylic acids is 2. The van der Waals surface area contributed by atoms with E-state index in [1.54, 1.807) is 6.20 Å². The molecule has 3 aromatic rings. The van der Waals surface area contributed by atoms with Gasteiger partial charge < -0.3 is 26.2 Å². The van der Waals surface area contributed by atoms with Crippen LogP contribution in [0.2, 0.25) is 0 Å². The monoisotopic (exact) mass is 557 g/mol. The summed E-state index contributed by atoms with van der Waals surface area (Å²) >= 11 is 4.93. The van der Waals surface area contributed by atoms with Gasteiger partial charge in [-0.2, -0.15) is 4.98 Å². The van der Waals surface area contributed by atoms with E-state index in [0.29, 0.717) is 30.5 Å². The molecule has 1 aliphatic heterocycles. The lowest BCUT2D eigenvalue weighted by molar-refractivity contribution is 0.0957. The third kappa shape index (κ3) is 6.92. The summed E-state index contributed by atoms with van der Waals surface area (Å²) in [5.41, 5.74) is 2.47. The lowest BCUT2D eigenvalue weighted by Crippen LogP contribution is -2.32. The Kier molecular flexibility index (Phi) is 8.54. The van der Waals surface area contributed by atoms with Crippen molar-refractivity contribution in [1.82, 2.24) is 20.2 Å². The van der Waals surface area contributed by atoms with E-state index in [9.17, 15) is 9.59 Å². The quantitative estimate of drug-likeness (QED) is 0.268. The average molecular weight is 559 g/mol. The van der Waals surface area contributed by atoms with Gasteiger partial charge in [0, 0.05) is 43.8 Å². The van der Waals surface area contributed by atoms with E-state index in [-0.39, 0.29) is 11.9 Å². The van der Waals surface area contributed by atoms with Crippen molar-refractivity contribution in [3.63, 3.8) is 0 Å². The van der Waals surface area contributed by atoms with Crippen LogP contribution in [-0.2, 0) is 0 Å². The molecule has 35 heavy (non-hydrogen) atoms. The van der Waals surface area contributed by atoms with Crippen LogP contribution in [0.15, 0.2) is 46.4 Å². The first-order valence-corrected chi connectivity index (χ1v) is 13.2. The number of anilines is 4. The Labute approximate surface area is 216 Å². The van der Waals surface area contributed by atoms with E-state index < -0.39 is 0 Å². The Bertz CT molecular complexity index is 1180. The fraction of sp³-hybridized carbons (Fsp3) is 0.333. The molecule has 0 atom stereocenters. The molecule has 4 rings (SSSR count). The van der Waals surface area contributed by atoms with Crippen LogP contribution in [-0.4, -0.2) is 53.0 Å². The van der Waals surface area contributed by atoms with E-state index in [1.807, 2.05) is 47.5 Å². The first-order chi connectivity index (χ1) is 17.0. The van der Waals surface area contributed by atoms with E-state index in [0.717, 1.165) is 53.0 Å². The van der Waals surface area contributed by atoms with Crippen molar-refractivity contribution in [1.29, 1.82) is 0 Å². The number of nitrogens with one attached hydrogen (secondary N) is 4. The lowest BCUT2D eigenvalue weighted by Gasteiger charge is -2.16. The van der Waals surface area contributed by atoms with Gasteiger partial charge in [0.15, 0.2) is 0 Å². The topological polar surface area (TPSA) is 111 Å². The molecule has 9 nitrogen and oxygen atoms in total. The number of nitrogens with zero attached hydrogens (tertiary/aromatic N) is 3. The highest BCUT2D eigenvalue weighted by atomic mass is 79.9. The van der Waals surface area contributed by atoms with Gasteiger partial charge >= 0.3 is 6.03 Å². The molecule has 184 valence electrons. The van der Waals surface area contributed by atoms with E-state index in [4.69, 9.17) is 0 Å². The predicted octanol–water partition coefficient (Wildman–Crippen LogP) is 5.21. The molecule has 1 aromatic carbocycles. The number of hydrogen-bond acceptors (Lipinski definition) is 7. The van der Waals surface area contributed by atoms with E-state index >= 15 is 0 Å². The van der Waals surface area contributed by atoms with Crippen molar-refractivity contribution in [2.75, 3.05) is 42.1 Å². The van der Waals surface area contributed by atoms with Gasteiger partial charge in [-0.1, -0.05) is 6.07 Å². The Balaban J connectivity index is 1.27. The number of aromatic nitrogens is 2. The summed E-state index contributed by atoms with van der Waals surface area (Å²) in [5.74, 6) is 1.05. The number of amides is 3. The molecule has 0 radical (unpaired) electrons. The number of hydrogen-bond donors (Lipinski definition) is 4. The molecule has 0 bridgehead atoms. The number of benzene rings is 1. The van der Waals surface area contributed by atoms with Crippen molar-refractivity contribution in [2.24, 2.45) is 0 Å². The van der Waals surface area contributed by atoms with Crippen LogP contribution in [0, 0.1) is 6.92 Å². The fourth-order valence-electron chi connectivity index (χ4n) is 3.66. The van der Waals surface area contributed by atoms with Crippen LogP contribution < -0.4 is 21.3 Å². The Morgan fingerprint density at radius 1 is 1.14 bits per heavy atom. The van der Waals surface area contributed by atoms with Crippen LogP contribution >= 0.6 is 27.3 Å². The summed E-state index contributed by atoms with van der Waals surface area (Å²) in [6, 6.07) is 9.33. The van der Waals surface area contributed by atoms with Crippen LogP contribution in [0.25, 0.3) is 0 Å². The molecule has 2 aromatic heterocycles. The number of halogens is 1. The van der Waals surface area contributed by atoms with Gasteiger partial charge in [-0.25, -0.2) is 9.78 Å². The Hall–Kier alpha value is -3.18. The van der Waals surface area contributed by atoms with Crippen molar-refractivity contribution >= 4 is 62.3 Å². The highest BCUT2D eigenvalue weighted by molar-refractivity contribution is 9.10. The van der Waals surface area contributed by atoms with Crippen LogP contribution in [0.3, 0.4) is 0 Å². The third-order valence-electron chi connectivity index (χ3n) is 5.51. The maximum Gasteiger partial charge on any atom is 0.321 e. The van der Waals surface area contributed by atoms with Crippen LogP contribution in [0.4, 0.5) is 27.9 Å². The molecule has 1 fully saturated rings. The maximum atomic E-state index is 12.4. The molecular weight excluding hydrogens is 530 g/mol. The van der Waals surface area contributed by atoms with Gasteiger partial charge in [0.1, 0.15) is 5.82 Å². The first-order valence-electron chi connectivity index (χ1n) is 11.5. The van der Waals surface area contributed by atoms with Crippen LogP contribution in [0.5, 0.6) is 0 Å². The molecule has 0 unspecified atom stereocenters. The average Bonchev–Trinajstić information content (AvgIpc) is 3.53. The SMILES string of the molecule is Cc1ccsc1C(=O)NCCCNc1nc(Nc2cccc(NC(=O)N3CCCC3)c2)ncc1Br. The molecule has 11 heteroatoms. The smallest absolute Gasteiger partial charge is 0.321 e. The largest absolute Gasteiger partial charge is 0.369 e.